The maximum absolute atomic E-state index is 11.8. The number of aromatic nitrogens is 2. The van der Waals surface area contributed by atoms with Gasteiger partial charge in [-0.2, -0.15) is 0 Å². The van der Waals surface area contributed by atoms with Crippen LogP contribution in [0.5, 0.6) is 0 Å². The van der Waals surface area contributed by atoms with E-state index in [1.807, 2.05) is 12.1 Å². The molecule has 0 amide bonds. The zero-order valence-corrected chi connectivity index (χ0v) is 10.5. The molecule has 1 N–H and O–H groups in total. The summed E-state index contributed by atoms with van der Waals surface area (Å²) in [5.74, 6) is 0.349. The van der Waals surface area contributed by atoms with E-state index in [9.17, 15) is 4.79 Å². The molecule has 0 aliphatic heterocycles. The van der Waals surface area contributed by atoms with Crippen molar-refractivity contribution in [2.24, 2.45) is 0 Å². The topological polar surface area (TPSA) is 37.8 Å². The van der Waals surface area contributed by atoms with Crippen LogP contribution in [0.15, 0.2) is 35.1 Å². The highest BCUT2D eigenvalue weighted by Gasteiger charge is 2.06. The molecule has 0 bridgehead atoms. The number of benzene rings is 1. The molecule has 90 valence electrons. The standard InChI is InChI=1S/C14H18N2O/c1-10(2)13-8-14(17)16(15-13)9-12-6-4-5-11(3)7-12/h4-8,10,15H,9H2,1-3H3. The molecule has 0 atom stereocenters. The third kappa shape index (κ3) is 2.67. The summed E-state index contributed by atoms with van der Waals surface area (Å²) in [6, 6.07) is 9.89. The predicted molar refractivity (Wildman–Crippen MR) is 69.4 cm³/mol. The van der Waals surface area contributed by atoms with Crippen LogP contribution in [0, 0.1) is 6.92 Å². The van der Waals surface area contributed by atoms with Crippen molar-refractivity contribution >= 4 is 0 Å². The van der Waals surface area contributed by atoms with Gasteiger partial charge in [-0.3, -0.25) is 9.89 Å². The van der Waals surface area contributed by atoms with Crippen LogP contribution >= 0.6 is 0 Å². The molecule has 1 aromatic carbocycles. The van der Waals surface area contributed by atoms with E-state index in [1.165, 1.54) is 5.56 Å². The van der Waals surface area contributed by atoms with Gasteiger partial charge in [-0.05, 0) is 18.4 Å². The van der Waals surface area contributed by atoms with Crippen LogP contribution in [0.4, 0.5) is 0 Å². The first-order chi connectivity index (χ1) is 8.06. The zero-order valence-electron chi connectivity index (χ0n) is 10.5. The van der Waals surface area contributed by atoms with Crippen LogP contribution in [0.3, 0.4) is 0 Å². The fourth-order valence-electron chi connectivity index (χ4n) is 1.86. The summed E-state index contributed by atoms with van der Waals surface area (Å²) in [6.45, 7) is 6.80. The first-order valence-electron chi connectivity index (χ1n) is 5.91. The van der Waals surface area contributed by atoms with Crippen molar-refractivity contribution in [2.45, 2.75) is 33.2 Å². The molecule has 1 heterocycles. The SMILES string of the molecule is Cc1cccc(Cn2[nH]c(C(C)C)cc2=O)c1. The number of nitrogens with zero attached hydrogens (tertiary/aromatic N) is 1. The lowest BCUT2D eigenvalue weighted by molar-refractivity contribution is 0.640. The highest BCUT2D eigenvalue weighted by molar-refractivity contribution is 5.22. The Kier molecular flexibility index (Phi) is 3.18. The van der Waals surface area contributed by atoms with E-state index in [2.05, 4.69) is 38.0 Å². The van der Waals surface area contributed by atoms with Crippen molar-refractivity contribution in [2.75, 3.05) is 0 Å². The van der Waals surface area contributed by atoms with Crippen LogP contribution in [-0.4, -0.2) is 9.78 Å². The third-order valence-corrected chi connectivity index (χ3v) is 2.85. The van der Waals surface area contributed by atoms with Gasteiger partial charge in [0.15, 0.2) is 0 Å². The van der Waals surface area contributed by atoms with Gasteiger partial charge in [-0.1, -0.05) is 43.7 Å². The minimum absolute atomic E-state index is 0.0372. The highest BCUT2D eigenvalue weighted by Crippen LogP contribution is 2.09. The first-order valence-corrected chi connectivity index (χ1v) is 5.91. The number of hydrogen-bond acceptors (Lipinski definition) is 1. The van der Waals surface area contributed by atoms with Gasteiger partial charge in [0, 0.05) is 11.8 Å². The van der Waals surface area contributed by atoms with E-state index in [4.69, 9.17) is 0 Å². The number of aryl methyl sites for hydroxylation is 1. The largest absolute Gasteiger partial charge is 0.299 e. The Bertz CT molecular complexity index is 564. The second-order valence-electron chi connectivity index (χ2n) is 4.78. The monoisotopic (exact) mass is 230 g/mol. The molecule has 2 rings (SSSR count). The quantitative estimate of drug-likeness (QED) is 0.864. The summed E-state index contributed by atoms with van der Waals surface area (Å²) in [5.41, 5.74) is 3.38. The normalized spacial score (nSPS) is 11.1. The van der Waals surface area contributed by atoms with Crippen molar-refractivity contribution in [1.29, 1.82) is 0 Å². The van der Waals surface area contributed by atoms with Crippen molar-refractivity contribution in [1.82, 2.24) is 9.78 Å². The lowest BCUT2D eigenvalue weighted by Crippen LogP contribution is -2.16. The number of rotatable bonds is 3. The smallest absolute Gasteiger partial charge is 0.267 e. The molecule has 0 saturated carbocycles. The lowest BCUT2D eigenvalue weighted by Gasteiger charge is -2.04. The van der Waals surface area contributed by atoms with Crippen LogP contribution in [0.25, 0.3) is 0 Å². The molecule has 2 aromatic rings. The molecule has 0 radical (unpaired) electrons. The van der Waals surface area contributed by atoms with Crippen molar-refractivity contribution in [3.05, 3.63) is 57.5 Å². The zero-order chi connectivity index (χ0) is 12.4. The van der Waals surface area contributed by atoms with E-state index in [0.717, 1.165) is 11.3 Å². The molecule has 0 saturated heterocycles. The van der Waals surface area contributed by atoms with E-state index < -0.39 is 0 Å². The summed E-state index contributed by atoms with van der Waals surface area (Å²) >= 11 is 0. The van der Waals surface area contributed by atoms with Gasteiger partial charge in [0.25, 0.3) is 5.56 Å². The second-order valence-corrected chi connectivity index (χ2v) is 4.78. The Morgan fingerprint density at radius 2 is 2.06 bits per heavy atom. The Morgan fingerprint density at radius 1 is 1.29 bits per heavy atom. The molecule has 0 aliphatic rings. The lowest BCUT2D eigenvalue weighted by atomic mass is 10.1. The van der Waals surface area contributed by atoms with Gasteiger partial charge in [0.2, 0.25) is 0 Å². The van der Waals surface area contributed by atoms with Crippen molar-refractivity contribution in [3.63, 3.8) is 0 Å². The van der Waals surface area contributed by atoms with E-state index in [-0.39, 0.29) is 5.56 Å². The fraction of sp³-hybridized carbons (Fsp3) is 0.357. The van der Waals surface area contributed by atoms with Crippen molar-refractivity contribution in [3.8, 4) is 0 Å². The van der Waals surface area contributed by atoms with E-state index in [1.54, 1.807) is 10.7 Å². The summed E-state index contributed by atoms with van der Waals surface area (Å²) < 4.78 is 1.66. The van der Waals surface area contributed by atoms with Crippen LogP contribution in [-0.2, 0) is 6.54 Å². The van der Waals surface area contributed by atoms with Crippen LogP contribution in [0.2, 0.25) is 0 Å². The summed E-state index contributed by atoms with van der Waals surface area (Å²) in [5, 5.41) is 3.15. The van der Waals surface area contributed by atoms with Crippen LogP contribution in [0.1, 0.15) is 36.6 Å². The highest BCUT2D eigenvalue weighted by atomic mass is 16.1. The average Bonchev–Trinajstić information content (AvgIpc) is 2.61. The molecule has 0 spiro atoms. The molecular formula is C14H18N2O. The summed E-state index contributed by atoms with van der Waals surface area (Å²) in [7, 11) is 0. The number of hydrogen-bond donors (Lipinski definition) is 1. The minimum atomic E-state index is 0.0372. The maximum atomic E-state index is 11.8. The van der Waals surface area contributed by atoms with Crippen LogP contribution < -0.4 is 5.56 Å². The molecule has 3 nitrogen and oxygen atoms in total. The number of nitrogens with one attached hydrogen (secondary N) is 1. The minimum Gasteiger partial charge on any atom is -0.299 e. The molecule has 1 aromatic heterocycles. The van der Waals surface area contributed by atoms with E-state index in [0.29, 0.717) is 12.5 Å². The molecule has 0 aliphatic carbocycles. The second kappa shape index (κ2) is 4.62. The predicted octanol–water partition coefficient (Wildman–Crippen LogP) is 2.66. The molecular weight excluding hydrogens is 212 g/mol. The Hall–Kier alpha value is -1.77. The Morgan fingerprint density at radius 3 is 2.65 bits per heavy atom. The fourth-order valence-corrected chi connectivity index (χ4v) is 1.86. The molecule has 0 unspecified atom stereocenters. The Labute approximate surface area is 101 Å². The van der Waals surface area contributed by atoms with Gasteiger partial charge in [0.05, 0.1) is 6.54 Å². The van der Waals surface area contributed by atoms with Crippen molar-refractivity contribution < 1.29 is 0 Å². The third-order valence-electron chi connectivity index (χ3n) is 2.85. The maximum Gasteiger partial charge on any atom is 0.267 e. The van der Waals surface area contributed by atoms with Gasteiger partial charge in [-0.25, -0.2) is 4.68 Å². The molecule has 17 heavy (non-hydrogen) atoms. The Balaban J connectivity index is 2.27. The van der Waals surface area contributed by atoms with Gasteiger partial charge in [-0.15, -0.1) is 0 Å². The summed E-state index contributed by atoms with van der Waals surface area (Å²) in [6.07, 6.45) is 0. The van der Waals surface area contributed by atoms with Gasteiger partial charge < -0.3 is 0 Å². The van der Waals surface area contributed by atoms with Gasteiger partial charge in [0.1, 0.15) is 0 Å². The molecule has 3 heteroatoms. The number of H-pyrrole nitrogens is 1. The molecule has 0 fully saturated rings. The van der Waals surface area contributed by atoms with Gasteiger partial charge >= 0.3 is 0 Å². The first kappa shape index (κ1) is 11.7. The van der Waals surface area contributed by atoms with E-state index >= 15 is 0 Å². The summed E-state index contributed by atoms with van der Waals surface area (Å²) in [4.78, 5) is 11.8. The number of aromatic amines is 1. The average molecular weight is 230 g/mol.